The molecule has 19 heavy (non-hydrogen) atoms. The van der Waals surface area contributed by atoms with Crippen LogP contribution < -0.4 is 0 Å². The number of nitrogens with zero attached hydrogens (tertiary/aromatic N) is 1. The van der Waals surface area contributed by atoms with E-state index in [0.29, 0.717) is 16.2 Å². The Balaban J connectivity index is 2.36. The van der Waals surface area contributed by atoms with Crippen molar-refractivity contribution >= 4 is 23.1 Å². The van der Waals surface area contributed by atoms with Crippen LogP contribution in [0.15, 0.2) is 30.3 Å². The molecule has 0 aromatic heterocycles. The van der Waals surface area contributed by atoms with Gasteiger partial charge in [0.1, 0.15) is 0 Å². The van der Waals surface area contributed by atoms with Gasteiger partial charge >= 0.3 is 5.97 Å². The molecule has 2 unspecified atom stereocenters. The molecule has 0 saturated heterocycles. The molecule has 2 atom stereocenters. The van der Waals surface area contributed by atoms with Gasteiger partial charge in [-0.05, 0) is 17.4 Å². The Bertz CT molecular complexity index is 598. The summed E-state index contributed by atoms with van der Waals surface area (Å²) >= 11 is 6.06. The van der Waals surface area contributed by atoms with Gasteiger partial charge in [-0.3, -0.25) is 4.79 Å². The summed E-state index contributed by atoms with van der Waals surface area (Å²) in [5.41, 5.74) is 0.778. The standard InChI is InChI=1S/C15H14ClNO2/c1-15(2)11(13(15)14(18)19)7-9(8-17)10-5-3-4-6-12(10)16/h3-7,11,13H,1-2H3,(H,18,19). The number of halogens is 1. The van der Waals surface area contributed by atoms with E-state index in [0.717, 1.165) is 0 Å². The van der Waals surface area contributed by atoms with Crippen molar-refractivity contribution in [3.8, 4) is 6.07 Å². The predicted octanol–water partition coefficient (Wildman–Crippen LogP) is 3.60. The van der Waals surface area contributed by atoms with E-state index < -0.39 is 11.9 Å². The van der Waals surface area contributed by atoms with Crippen molar-refractivity contribution in [2.75, 3.05) is 0 Å². The van der Waals surface area contributed by atoms with Gasteiger partial charge in [0.2, 0.25) is 0 Å². The first-order chi connectivity index (χ1) is 8.89. The fourth-order valence-electron chi connectivity index (χ4n) is 2.51. The van der Waals surface area contributed by atoms with Crippen LogP contribution in [-0.2, 0) is 4.79 Å². The largest absolute Gasteiger partial charge is 0.481 e. The van der Waals surface area contributed by atoms with Gasteiger partial charge in [0.05, 0.1) is 17.6 Å². The molecule has 4 heteroatoms. The fraction of sp³-hybridized carbons (Fsp3) is 0.333. The van der Waals surface area contributed by atoms with E-state index in [-0.39, 0.29) is 11.3 Å². The second-order valence-electron chi connectivity index (χ2n) is 5.34. The molecule has 0 amide bonds. The van der Waals surface area contributed by atoms with Gasteiger partial charge in [-0.2, -0.15) is 5.26 Å². The quantitative estimate of drug-likeness (QED) is 0.857. The highest BCUT2D eigenvalue weighted by molar-refractivity contribution is 6.32. The zero-order valence-electron chi connectivity index (χ0n) is 10.7. The summed E-state index contributed by atoms with van der Waals surface area (Å²) in [5, 5.41) is 18.9. The molecule has 0 heterocycles. The SMILES string of the molecule is CC1(C)C(C=C(C#N)c2ccccc2Cl)C1C(=O)O. The molecular formula is C15H14ClNO2. The summed E-state index contributed by atoms with van der Waals surface area (Å²) in [7, 11) is 0. The van der Waals surface area contributed by atoms with E-state index in [1.807, 2.05) is 13.8 Å². The van der Waals surface area contributed by atoms with Crippen LogP contribution >= 0.6 is 11.6 Å². The van der Waals surface area contributed by atoms with E-state index in [4.69, 9.17) is 16.7 Å². The highest BCUT2D eigenvalue weighted by atomic mass is 35.5. The number of rotatable bonds is 3. The number of nitriles is 1. The summed E-state index contributed by atoms with van der Waals surface area (Å²) in [5.74, 6) is -1.38. The summed E-state index contributed by atoms with van der Waals surface area (Å²) in [6.45, 7) is 3.79. The summed E-state index contributed by atoms with van der Waals surface area (Å²) in [6.07, 6.45) is 1.74. The molecule has 0 spiro atoms. The minimum absolute atomic E-state index is 0.129. The van der Waals surface area contributed by atoms with Gasteiger partial charge in [-0.15, -0.1) is 0 Å². The normalized spacial score (nSPS) is 24.6. The van der Waals surface area contributed by atoms with E-state index in [2.05, 4.69) is 6.07 Å². The summed E-state index contributed by atoms with van der Waals surface area (Å²) in [4.78, 5) is 11.1. The molecule has 1 aliphatic carbocycles. The number of hydrogen-bond donors (Lipinski definition) is 1. The molecule has 0 aliphatic heterocycles. The van der Waals surface area contributed by atoms with Crippen molar-refractivity contribution in [1.29, 1.82) is 5.26 Å². The van der Waals surface area contributed by atoms with Gasteiger partial charge in [0, 0.05) is 10.6 Å². The summed E-state index contributed by atoms with van der Waals surface area (Å²) < 4.78 is 0. The van der Waals surface area contributed by atoms with Gasteiger partial charge in [-0.1, -0.05) is 49.7 Å². The average Bonchev–Trinajstić information content (AvgIpc) is 2.89. The van der Waals surface area contributed by atoms with Crippen LogP contribution in [0.5, 0.6) is 0 Å². The molecule has 0 bridgehead atoms. The Labute approximate surface area is 117 Å². The number of carboxylic acids is 1. The fourth-order valence-corrected chi connectivity index (χ4v) is 2.74. The third-order valence-electron chi connectivity index (χ3n) is 3.81. The molecule has 1 N–H and O–H groups in total. The molecule has 0 radical (unpaired) electrons. The lowest BCUT2D eigenvalue weighted by atomic mass is 10.0. The van der Waals surface area contributed by atoms with Gasteiger partial charge in [-0.25, -0.2) is 0 Å². The van der Waals surface area contributed by atoms with Crippen molar-refractivity contribution in [3.63, 3.8) is 0 Å². The number of allylic oxidation sites excluding steroid dienone is 2. The van der Waals surface area contributed by atoms with Crippen molar-refractivity contribution in [3.05, 3.63) is 40.9 Å². The second kappa shape index (κ2) is 4.71. The Morgan fingerprint density at radius 2 is 2.11 bits per heavy atom. The lowest BCUT2D eigenvalue weighted by molar-refractivity contribution is -0.139. The van der Waals surface area contributed by atoms with Crippen LogP contribution in [0.25, 0.3) is 5.57 Å². The minimum Gasteiger partial charge on any atom is -0.481 e. The molecular weight excluding hydrogens is 262 g/mol. The third kappa shape index (κ3) is 2.36. The minimum atomic E-state index is -0.817. The molecule has 1 aliphatic rings. The number of carboxylic acid groups (broad SMARTS) is 1. The van der Waals surface area contributed by atoms with Crippen LogP contribution in [0.3, 0.4) is 0 Å². The monoisotopic (exact) mass is 275 g/mol. The smallest absolute Gasteiger partial charge is 0.307 e. The number of benzene rings is 1. The van der Waals surface area contributed by atoms with Gasteiger partial charge < -0.3 is 5.11 Å². The maximum absolute atomic E-state index is 11.1. The molecule has 1 aromatic rings. The van der Waals surface area contributed by atoms with E-state index in [1.54, 1.807) is 30.3 Å². The highest BCUT2D eigenvalue weighted by Gasteiger charge is 2.61. The maximum atomic E-state index is 11.1. The van der Waals surface area contributed by atoms with Crippen LogP contribution in [0.1, 0.15) is 19.4 Å². The maximum Gasteiger partial charge on any atom is 0.307 e. The predicted molar refractivity (Wildman–Crippen MR) is 73.4 cm³/mol. The van der Waals surface area contributed by atoms with Crippen molar-refractivity contribution in [2.24, 2.45) is 17.3 Å². The summed E-state index contributed by atoms with van der Waals surface area (Å²) in [6, 6.07) is 9.19. The van der Waals surface area contributed by atoms with Crippen molar-refractivity contribution in [1.82, 2.24) is 0 Å². The van der Waals surface area contributed by atoms with E-state index in [9.17, 15) is 10.1 Å². The first-order valence-electron chi connectivity index (χ1n) is 5.99. The number of hydrogen-bond acceptors (Lipinski definition) is 2. The molecule has 98 valence electrons. The Morgan fingerprint density at radius 1 is 1.47 bits per heavy atom. The van der Waals surface area contributed by atoms with Crippen LogP contribution in [-0.4, -0.2) is 11.1 Å². The Kier molecular flexibility index (Phi) is 3.38. The van der Waals surface area contributed by atoms with Crippen LogP contribution in [0, 0.1) is 28.6 Å². The Morgan fingerprint density at radius 3 is 2.58 bits per heavy atom. The number of carbonyl (C=O) groups is 1. The van der Waals surface area contributed by atoms with Crippen molar-refractivity contribution < 1.29 is 9.90 Å². The van der Waals surface area contributed by atoms with E-state index in [1.165, 1.54) is 0 Å². The number of aliphatic carboxylic acids is 1. The lowest BCUT2D eigenvalue weighted by Gasteiger charge is -2.02. The van der Waals surface area contributed by atoms with Gasteiger partial charge in [0.15, 0.2) is 0 Å². The molecule has 1 saturated carbocycles. The molecule has 2 rings (SSSR count). The first kappa shape index (κ1) is 13.6. The highest BCUT2D eigenvalue weighted by Crippen LogP contribution is 2.59. The molecule has 3 nitrogen and oxygen atoms in total. The topological polar surface area (TPSA) is 61.1 Å². The average molecular weight is 276 g/mol. The molecule has 1 fully saturated rings. The van der Waals surface area contributed by atoms with Crippen LogP contribution in [0.2, 0.25) is 5.02 Å². The van der Waals surface area contributed by atoms with Crippen molar-refractivity contribution in [2.45, 2.75) is 13.8 Å². The van der Waals surface area contributed by atoms with Crippen LogP contribution in [0.4, 0.5) is 0 Å². The van der Waals surface area contributed by atoms with Gasteiger partial charge in [0.25, 0.3) is 0 Å². The zero-order valence-corrected chi connectivity index (χ0v) is 11.5. The third-order valence-corrected chi connectivity index (χ3v) is 4.14. The Hall–Kier alpha value is -1.79. The van der Waals surface area contributed by atoms with E-state index >= 15 is 0 Å². The first-order valence-corrected chi connectivity index (χ1v) is 6.37. The second-order valence-corrected chi connectivity index (χ2v) is 5.74. The molecule has 1 aromatic carbocycles. The zero-order chi connectivity index (χ0) is 14.2. The lowest BCUT2D eigenvalue weighted by Crippen LogP contribution is -2.03.